The number of urea groups is 1. The third-order valence-corrected chi connectivity index (χ3v) is 6.51. The minimum absolute atomic E-state index is 0.122. The second-order valence-electron chi connectivity index (χ2n) is 9.07. The van der Waals surface area contributed by atoms with Gasteiger partial charge in [0.15, 0.2) is 0 Å². The molecular weight excluding hydrogens is 532 g/mol. The van der Waals surface area contributed by atoms with E-state index in [0.29, 0.717) is 31.2 Å². The van der Waals surface area contributed by atoms with Gasteiger partial charge in [0.05, 0.1) is 6.61 Å². The first-order valence-corrected chi connectivity index (χ1v) is 13.5. The molecule has 10 nitrogen and oxygen atoms in total. The number of rotatable bonds is 12. The van der Waals surface area contributed by atoms with Crippen LogP contribution in [0.3, 0.4) is 0 Å². The van der Waals surface area contributed by atoms with Crippen LogP contribution in [0.4, 0.5) is 4.79 Å². The summed E-state index contributed by atoms with van der Waals surface area (Å²) in [4.78, 5) is 27.7. The van der Waals surface area contributed by atoms with Crippen LogP contribution in [0.2, 0.25) is 0 Å². The van der Waals surface area contributed by atoms with Crippen molar-refractivity contribution in [2.24, 2.45) is 0 Å². The SMILES string of the molecule is CCOC(=O)C(Cc1ccc(O)cc1)NC(=O)N(CCCCl)Cc1ccc(-c2ccccc2-c2nn[nH]n2)cc1. The van der Waals surface area contributed by atoms with Crippen molar-refractivity contribution >= 4 is 23.6 Å². The molecule has 0 radical (unpaired) electrons. The average Bonchev–Trinajstić information content (AvgIpc) is 3.51. The number of alkyl halides is 1. The van der Waals surface area contributed by atoms with Gasteiger partial charge in [0, 0.05) is 31.0 Å². The van der Waals surface area contributed by atoms with Crippen LogP contribution in [0.25, 0.3) is 22.5 Å². The van der Waals surface area contributed by atoms with Crippen molar-refractivity contribution in [3.63, 3.8) is 0 Å². The number of nitrogens with one attached hydrogen (secondary N) is 2. The van der Waals surface area contributed by atoms with Gasteiger partial charge in [0.25, 0.3) is 0 Å². The van der Waals surface area contributed by atoms with Crippen molar-refractivity contribution in [1.82, 2.24) is 30.8 Å². The Kier molecular flexibility index (Phi) is 10.1. The smallest absolute Gasteiger partial charge is 0.329 e. The van der Waals surface area contributed by atoms with Gasteiger partial charge in [-0.3, -0.25) is 0 Å². The highest BCUT2D eigenvalue weighted by atomic mass is 35.5. The highest BCUT2D eigenvalue weighted by molar-refractivity contribution is 6.17. The van der Waals surface area contributed by atoms with Gasteiger partial charge in [-0.15, -0.1) is 21.8 Å². The van der Waals surface area contributed by atoms with Crippen LogP contribution in [0, 0.1) is 0 Å². The lowest BCUT2D eigenvalue weighted by atomic mass is 9.98. The Morgan fingerprint density at radius 1 is 1.02 bits per heavy atom. The molecule has 40 heavy (non-hydrogen) atoms. The number of carbonyl (C=O) groups is 2. The van der Waals surface area contributed by atoms with Gasteiger partial charge < -0.3 is 20.1 Å². The second kappa shape index (κ2) is 14.1. The summed E-state index contributed by atoms with van der Waals surface area (Å²) in [5.41, 5.74) is 4.47. The fraction of sp³-hybridized carbons (Fsp3) is 0.276. The fourth-order valence-corrected chi connectivity index (χ4v) is 4.38. The van der Waals surface area contributed by atoms with E-state index in [0.717, 1.165) is 27.8 Å². The number of hydrogen-bond acceptors (Lipinski definition) is 7. The molecule has 1 heterocycles. The number of halogens is 1. The number of phenols is 1. The highest BCUT2D eigenvalue weighted by Gasteiger charge is 2.25. The van der Waals surface area contributed by atoms with Gasteiger partial charge >= 0.3 is 12.0 Å². The summed E-state index contributed by atoms with van der Waals surface area (Å²) in [5, 5.41) is 26.8. The molecule has 0 aliphatic rings. The topological polar surface area (TPSA) is 133 Å². The number of carbonyl (C=O) groups excluding carboxylic acids is 2. The van der Waals surface area contributed by atoms with Gasteiger partial charge in [0.2, 0.25) is 5.82 Å². The van der Waals surface area contributed by atoms with E-state index >= 15 is 0 Å². The van der Waals surface area contributed by atoms with Crippen molar-refractivity contribution in [3.8, 4) is 28.3 Å². The zero-order chi connectivity index (χ0) is 28.3. The van der Waals surface area contributed by atoms with Gasteiger partial charge in [0.1, 0.15) is 11.8 Å². The maximum Gasteiger partial charge on any atom is 0.329 e. The number of amides is 2. The third kappa shape index (κ3) is 7.57. The highest BCUT2D eigenvalue weighted by Crippen LogP contribution is 2.30. The van der Waals surface area contributed by atoms with E-state index in [1.54, 1.807) is 24.0 Å². The van der Waals surface area contributed by atoms with Crippen LogP contribution in [0.5, 0.6) is 5.75 Å². The zero-order valence-corrected chi connectivity index (χ0v) is 22.8. The largest absolute Gasteiger partial charge is 0.508 e. The van der Waals surface area contributed by atoms with Crippen LogP contribution >= 0.6 is 11.6 Å². The minimum Gasteiger partial charge on any atom is -0.508 e. The molecule has 1 unspecified atom stereocenters. The number of phenolic OH excluding ortho intramolecular Hbond substituents is 1. The molecule has 2 amide bonds. The van der Waals surface area contributed by atoms with Crippen molar-refractivity contribution in [1.29, 1.82) is 0 Å². The summed E-state index contributed by atoms with van der Waals surface area (Å²) in [5.74, 6) is 0.500. The lowest BCUT2D eigenvalue weighted by Gasteiger charge is -2.26. The Balaban J connectivity index is 1.49. The number of tetrazole rings is 1. The lowest BCUT2D eigenvalue weighted by Crippen LogP contribution is -2.49. The molecule has 0 bridgehead atoms. The predicted octanol–water partition coefficient (Wildman–Crippen LogP) is 4.55. The summed E-state index contributed by atoms with van der Waals surface area (Å²) < 4.78 is 5.21. The maximum atomic E-state index is 13.4. The van der Waals surface area contributed by atoms with E-state index < -0.39 is 18.0 Å². The Hall–Kier alpha value is -4.44. The Morgan fingerprint density at radius 2 is 1.73 bits per heavy atom. The first kappa shape index (κ1) is 28.6. The maximum absolute atomic E-state index is 13.4. The number of aromatic amines is 1. The van der Waals surface area contributed by atoms with Gasteiger partial charge in [-0.1, -0.05) is 60.7 Å². The number of hydrogen-bond donors (Lipinski definition) is 3. The van der Waals surface area contributed by atoms with E-state index in [-0.39, 0.29) is 18.8 Å². The van der Waals surface area contributed by atoms with E-state index in [1.165, 1.54) is 12.1 Å². The summed E-state index contributed by atoms with van der Waals surface area (Å²) in [6, 6.07) is 20.9. The minimum atomic E-state index is -0.889. The molecule has 11 heteroatoms. The monoisotopic (exact) mass is 562 g/mol. The lowest BCUT2D eigenvalue weighted by molar-refractivity contribution is -0.145. The standard InChI is InChI=1S/C29H31ClN6O4/c1-2-40-28(38)26(18-20-10-14-23(37)15-11-20)31-29(39)36(17-5-16-30)19-21-8-12-22(13-9-21)24-6-3-4-7-25(24)27-32-34-35-33-27/h3-4,6-15,26,37H,2,5,16-19H2,1H3,(H,31,39)(H,32,33,34,35). The summed E-state index contributed by atoms with van der Waals surface area (Å²) >= 11 is 5.95. The van der Waals surface area contributed by atoms with Crippen molar-refractivity contribution < 1.29 is 19.4 Å². The molecule has 0 saturated carbocycles. The van der Waals surface area contributed by atoms with E-state index in [4.69, 9.17) is 16.3 Å². The molecule has 0 aliphatic carbocycles. The Bertz CT molecular complexity index is 1380. The van der Waals surface area contributed by atoms with Crippen LogP contribution in [-0.4, -0.2) is 67.7 Å². The number of ether oxygens (including phenoxy) is 1. The van der Waals surface area contributed by atoms with E-state index in [9.17, 15) is 14.7 Å². The number of esters is 1. The second-order valence-corrected chi connectivity index (χ2v) is 9.44. The van der Waals surface area contributed by atoms with E-state index in [1.807, 2.05) is 48.5 Å². The first-order chi connectivity index (χ1) is 19.5. The van der Waals surface area contributed by atoms with Crippen LogP contribution in [0.1, 0.15) is 24.5 Å². The fourth-order valence-electron chi connectivity index (χ4n) is 4.26. The normalized spacial score (nSPS) is 11.6. The quantitative estimate of drug-likeness (QED) is 0.170. The van der Waals surface area contributed by atoms with Gasteiger partial charge in [-0.05, 0) is 52.9 Å². The number of benzene rings is 3. The van der Waals surface area contributed by atoms with Crippen molar-refractivity contribution in [3.05, 3.63) is 83.9 Å². The summed E-state index contributed by atoms with van der Waals surface area (Å²) in [7, 11) is 0. The first-order valence-electron chi connectivity index (χ1n) is 13.0. The average molecular weight is 563 g/mol. The zero-order valence-electron chi connectivity index (χ0n) is 22.1. The number of H-pyrrole nitrogens is 1. The van der Waals surface area contributed by atoms with Crippen molar-refractivity contribution in [2.45, 2.75) is 32.4 Å². The van der Waals surface area contributed by atoms with Crippen LogP contribution < -0.4 is 5.32 Å². The van der Waals surface area contributed by atoms with Crippen LogP contribution in [-0.2, 0) is 22.5 Å². The molecule has 0 saturated heterocycles. The molecular formula is C29H31ClN6O4. The molecule has 1 atom stereocenters. The predicted molar refractivity (Wildman–Crippen MR) is 152 cm³/mol. The van der Waals surface area contributed by atoms with Crippen LogP contribution in [0.15, 0.2) is 72.8 Å². The summed E-state index contributed by atoms with van der Waals surface area (Å²) in [6.45, 7) is 2.64. The number of aromatic nitrogens is 4. The number of nitrogens with zero attached hydrogens (tertiary/aromatic N) is 4. The molecule has 4 rings (SSSR count). The molecule has 3 N–H and O–H groups in total. The molecule has 1 aromatic heterocycles. The van der Waals surface area contributed by atoms with E-state index in [2.05, 4.69) is 25.9 Å². The third-order valence-electron chi connectivity index (χ3n) is 6.25. The molecule has 3 aromatic carbocycles. The Labute approximate surface area is 237 Å². The molecule has 0 fully saturated rings. The van der Waals surface area contributed by atoms with Crippen molar-refractivity contribution in [2.75, 3.05) is 19.0 Å². The summed E-state index contributed by atoms with van der Waals surface area (Å²) in [6.07, 6.45) is 0.815. The molecule has 0 aliphatic heterocycles. The molecule has 0 spiro atoms. The van der Waals surface area contributed by atoms with Gasteiger partial charge in [-0.2, -0.15) is 5.21 Å². The molecule has 4 aromatic rings. The van der Waals surface area contributed by atoms with Gasteiger partial charge in [-0.25, -0.2) is 9.59 Å². The molecule has 208 valence electrons. The Morgan fingerprint density at radius 3 is 2.38 bits per heavy atom. The number of aromatic hydroxyl groups is 1.